The highest BCUT2D eigenvalue weighted by atomic mass is 32.1. The molecule has 8 heteroatoms. The summed E-state index contributed by atoms with van der Waals surface area (Å²) >= 11 is 1.31. The zero-order valence-electron chi connectivity index (χ0n) is 15.2. The van der Waals surface area contributed by atoms with Crippen molar-refractivity contribution in [1.82, 2.24) is 4.98 Å². The van der Waals surface area contributed by atoms with Gasteiger partial charge in [0, 0.05) is 16.8 Å². The number of nitrogens with zero attached hydrogens (tertiary/aromatic N) is 1. The molecule has 0 aliphatic heterocycles. The minimum absolute atomic E-state index is 0.422. The van der Waals surface area contributed by atoms with E-state index in [1.165, 1.54) is 18.4 Å². The van der Waals surface area contributed by atoms with E-state index in [-0.39, 0.29) is 0 Å². The third-order valence-corrected chi connectivity index (χ3v) is 4.82. The first-order valence-corrected chi connectivity index (χ1v) is 9.29. The lowest BCUT2D eigenvalue weighted by Crippen LogP contribution is -2.19. The van der Waals surface area contributed by atoms with E-state index in [1.807, 2.05) is 35.7 Å². The molecule has 0 radical (unpaired) electrons. The average molecular weight is 395 g/mol. The highest BCUT2D eigenvalue weighted by molar-refractivity contribution is 7.14. The van der Waals surface area contributed by atoms with Crippen LogP contribution in [0.25, 0.3) is 22.4 Å². The van der Waals surface area contributed by atoms with E-state index in [9.17, 15) is 4.79 Å². The minimum atomic E-state index is -0.422. The molecular formula is C20H17N3O4S. The molecule has 0 fully saturated rings. The van der Waals surface area contributed by atoms with Crippen molar-refractivity contribution in [2.45, 2.75) is 0 Å². The number of hydrogen-bond donors (Lipinski definition) is 2. The number of ether oxygens (including phenoxy) is 2. The van der Waals surface area contributed by atoms with Crippen LogP contribution in [0.4, 0.5) is 15.6 Å². The SMILES string of the molecule is COc1ccc(NC(=O)Nc2nc(-c3cc4ccccc4o3)cs2)c(OC)c1. The fraction of sp³-hybridized carbons (Fsp3) is 0.100. The van der Waals surface area contributed by atoms with Crippen LogP contribution in [0, 0.1) is 0 Å². The van der Waals surface area contributed by atoms with Gasteiger partial charge in [0.1, 0.15) is 22.8 Å². The van der Waals surface area contributed by atoms with E-state index in [1.54, 1.807) is 25.3 Å². The molecule has 2 N–H and O–H groups in total. The van der Waals surface area contributed by atoms with E-state index in [0.717, 1.165) is 11.0 Å². The Morgan fingerprint density at radius 2 is 1.93 bits per heavy atom. The van der Waals surface area contributed by atoms with E-state index < -0.39 is 6.03 Å². The van der Waals surface area contributed by atoms with E-state index >= 15 is 0 Å². The number of rotatable bonds is 5. The second-order valence-corrected chi connectivity index (χ2v) is 6.69. The number of hydrogen-bond acceptors (Lipinski definition) is 6. The number of para-hydroxylation sites is 1. The number of anilines is 2. The third-order valence-electron chi connectivity index (χ3n) is 4.06. The Bertz CT molecular complexity index is 1100. The number of furan rings is 1. The minimum Gasteiger partial charge on any atom is -0.497 e. The number of nitrogens with one attached hydrogen (secondary N) is 2. The smallest absolute Gasteiger partial charge is 0.325 e. The molecule has 2 heterocycles. The van der Waals surface area contributed by atoms with Crippen LogP contribution in [-0.2, 0) is 0 Å². The summed E-state index contributed by atoms with van der Waals surface area (Å²) in [5.74, 6) is 1.79. The van der Waals surface area contributed by atoms with E-state index in [0.29, 0.717) is 33.8 Å². The number of fused-ring (bicyclic) bond motifs is 1. The summed E-state index contributed by atoms with van der Waals surface area (Å²) in [6.07, 6.45) is 0. The number of methoxy groups -OCH3 is 2. The van der Waals surface area contributed by atoms with E-state index in [2.05, 4.69) is 15.6 Å². The van der Waals surface area contributed by atoms with Gasteiger partial charge in [-0.3, -0.25) is 5.32 Å². The zero-order valence-corrected chi connectivity index (χ0v) is 16.0. The van der Waals surface area contributed by atoms with Gasteiger partial charge >= 0.3 is 6.03 Å². The summed E-state index contributed by atoms with van der Waals surface area (Å²) in [6, 6.07) is 14.4. The molecule has 0 aliphatic carbocycles. The summed E-state index contributed by atoms with van der Waals surface area (Å²) in [4.78, 5) is 16.8. The van der Waals surface area contributed by atoms with Gasteiger partial charge in [0.25, 0.3) is 0 Å². The van der Waals surface area contributed by atoms with Crippen molar-refractivity contribution in [3.8, 4) is 23.0 Å². The predicted molar refractivity (Wildman–Crippen MR) is 110 cm³/mol. The lowest BCUT2D eigenvalue weighted by Gasteiger charge is -2.11. The van der Waals surface area contributed by atoms with Crippen LogP contribution in [0.5, 0.6) is 11.5 Å². The van der Waals surface area contributed by atoms with Crippen LogP contribution in [0.2, 0.25) is 0 Å². The number of amides is 2. The highest BCUT2D eigenvalue weighted by Crippen LogP contribution is 2.31. The molecule has 2 amide bonds. The van der Waals surface area contributed by atoms with Crippen LogP contribution in [0.15, 0.2) is 58.3 Å². The number of urea groups is 1. The second kappa shape index (κ2) is 7.61. The molecular weight excluding hydrogens is 378 g/mol. The molecule has 0 saturated carbocycles. The molecule has 0 saturated heterocycles. The first kappa shape index (κ1) is 17.9. The Balaban J connectivity index is 1.47. The Labute approximate surface area is 164 Å². The maximum absolute atomic E-state index is 12.3. The topological polar surface area (TPSA) is 85.6 Å². The van der Waals surface area contributed by atoms with Gasteiger partial charge in [0.05, 0.1) is 19.9 Å². The lowest BCUT2D eigenvalue weighted by atomic mass is 10.2. The number of carbonyl (C=O) groups is 1. The number of carbonyl (C=O) groups excluding carboxylic acids is 1. The molecule has 4 aromatic rings. The second-order valence-electron chi connectivity index (χ2n) is 5.83. The normalized spacial score (nSPS) is 10.6. The molecule has 0 atom stereocenters. The summed E-state index contributed by atoms with van der Waals surface area (Å²) in [7, 11) is 3.09. The predicted octanol–water partition coefficient (Wildman–Crippen LogP) is 5.22. The summed E-state index contributed by atoms with van der Waals surface area (Å²) < 4.78 is 16.2. The van der Waals surface area contributed by atoms with Crippen molar-refractivity contribution in [2.24, 2.45) is 0 Å². The largest absolute Gasteiger partial charge is 0.497 e. The maximum Gasteiger partial charge on any atom is 0.325 e. The summed E-state index contributed by atoms with van der Waals surface area (Å²) in [5.41, 5.74) is 1.98. The van der Waals surface area contributed by atoms with Gasteiger partial charge < -0.3 is 19.2 Å². The van der Waals surface area contributed by atoms with Crippen molar-refractivity contribution in [3.63, 3.8) is 0 Å². The highest BCUT2D eigenvalue weighted by Gasteiger charge is 2.13. The number of thiazole rings is 1. The molecule has 7 nitrogen and oxygen atoms in total. The fourth-order valence-electron chi connectivity index (χ4n) is 2.70. The quantitative estimate of drug-likeness (QED) is 0.484. The number of aromatic nitrogens is 1. The Morgan fingerprint density at radius 3 is 2.71 bits per heavy atom. The maximum atomic E-state index is 12.3. The van der Waals surface area contributed by atoms with Crippen LogP contribution in [0.3, 0.4) is 0 Å². The molecule has 0 aliphatic rings. The Hall–Kier alpha value is -3.52. The Kier molecular flexibility index (Phi) is 4.86. The zero-order chi connectivity index (χ0) is 19.5. The summed E-state index contributed by atoms with van der Waals surface area (Å²) in [5, 5.41) is 8.76. The van der Waals surface area contributed by atoms with Gasteiger partial charge in [0.15, 0.2) is 10.9 Å². The molecule has 4 rings (SSSR count). The van der Waals surface area contributed by atoms with Crippen LogP contribution in [0.1, 0.15) is 0 Å². The van der Waals surface area contributed by atoms with Crippen LogP contribution in [-0.4, -0.2) is 25.2 Å². The number of benzene rings is 2. The first-order chi connectivity index (χ1) is 13.7. The molecule has 0 spiro atoms. The van der Waals surface area contributed by atoms with Gasteiger partial charge in [-0.1, -0.05) is 18.2 Å². The van der Waals surface area contributed by atoms with Crippen molar-refractivity contribution in [3.05, 3.63) is 53.9 Å². The average Bonchev–Trinajstić information content (AvgIpc) is 3.34. The van der Waals surface area contributed by atoms with Gasteiger partial charge in [0.2, 0.25) is 0 Å². The van der Waals surface area contributed by atoms with Crippen molar-refractivity contribution >= 4 is 39.2 Å². The van der Waals surface area contributed by atoms with Crippen molar-refractivity contribution in [1.29, 1.82) is 0 Å². The summed E-state index contributed by atoms with van der Waals surface area (Å²) in [6.45, 7) is 0. The van der Waals surface area contributed by atoms with Crippen LogP contribution < -0.4 is 20.1 Å². The lowest BCUT2D eigenvalue weighted by molar-refractivity contribution is 0.262. The third kappa shape index (κ3) is 3.63. The fourth-order valence-corrected chi connectivity index (χ4v) is 3.40. The first-order valence-electron chi connectivity index (χ1n) is 8.41. The molecule has 0 bridgehead atoms. The van der Waals surface area contributed by atoms with Gasteiger partial charge in [-0.15, -0.1) is 11.3 Å². The monoisotopic (exact) mass is 395 g/mol. The van der Waals surface area contributed by atoms with Crippen molar-refractivity contribution < 1.29 is 18.7 Å². The van der Waals surface area contributed by atoms with Gasteiger partial charge in [-0.2, -0.15) is 0 Å². The molecule has 2 aromatic heterocycles. The van der Waals surface area contributed by atoms with Crippen molar-refractivity contribution in [2.75, 3.05) is 24.9 Å². The molecule has 2 aromatic carbocycles. The Morgan fingerprint density at radius 1 is 1.07 bits per heavy atom. The standard InChI is InChI=1S/C20H17N3O4S/c1-25-13-7-8-14(17(10-13)26-2)21-19(24)23-20-22-15(11-28-20)18-9-12-5-3-4-6-16(12)27-18/h3-11H,1-2H3,(H2,21,22,23,24). The van der Waals surface area contributed by atoms with E-state index in [4.69, 9.17) is 13.9 Å². The van der Waals surface area contributed by atoms with Gasteiger partial charge in [-0.05, 0) is 24.3 Å². The molecule has 0 unspecified atom stereocenters. The van der Waals surface area contributed by atoms with Crippen LogP contribution >= 0.6 is 11.3 Å². The molecule has 142 valence electrons. The molecule has 28 heavy (non-hydrogen) atoms. The van der Waals surface area contributed by atoms with Gasteiger partial charge in [-0.25, -0.2) is 9.78 Å².